The van der Waals surface area contributed by atoms with Crippen molar-refractivity contribution in [3.05, 3.63) is 35.9 Å². The Bertz CT molecular complexity index is 692. The van der Waals surface area contributed by atoms with E-state index in [1.54, 1.807) is 32.9 Å². The van der Waals surface area contributed by atoms with Crippen molar-refractivity contribution in [3.63, 3.8) is 0 Å². The highest BCUT2D eigenvalue weighted by molar-refractivity contribution is 5.90. The molecule has 2 amide bonds. The van der Waals surface area contributed by atoms with Gasteiger partial charge in [0.1, 0.15) is 12.1 Å². The maximum Gasteiger partial charge on any atom is 0.408 e. The summed E-state index contributed by atoms with van der Waals surface area (Å²) in [6, 6.07) is 8.29. The molecule has 1 saturated heterocycles. The highest BCUT2D eigenvalue weighted by atomic mass is 16.6. The third-order valence-corrected chi connectivity index (χ3v) is 4.32. The van der Waals surface area contributed by atoms with Crippen LogP contribution in [0, 0.1) is 0 Å². The summed E-state index contributed by atoms with van der Waals surface area (Å²) in [4.78, 5) is 37.0. The van der Waals surface area contributed by atoms with Crippen LogP contribution in [0.1, 0.15) is 45.2 Å². The quantitative estimate of drug-likeness (QED) is 0.719. The number of methoxy groups -OCH3 is 1. The number of rotatable bonds is 6. The lowest BCUT2D eigenvalue weighted by Crippen LogP contribution is -2.56. The minimum atomic E-state index is -1.35. The molecular weight excluding hydrogens is 364 g/mol. The molecule has 2 rings (SSSR count). The zero-order valence-corrected chi connectivity index (χ0v) is 16.7. The number of esters is 1. The first-order valence-electron chi connectivity index (χ1n) is 9.21. The maximum absolute atomic E-state index is 13.0. The third-order valence-electron chi connectivity index (χ3n) is 4.32. The van der Waals surface area contributed by atoms with Crippen molar-refractivity contribution in [2.24, 2.45) is 0 Å². The summed E-state index contributed by atoms with van der Waals surface area (Å²) in [5, 5.41) is 5.35. The second kappa shape index (κ2) is 9.05. The molecule has 1 aromatic carbocycles. The molecule has 0 bridgehead atoms. The Hall–Kier alpha value is -2.61. The largest absolute Gasteiger partial charge is 0.468 e. The van der Waals surface area contributed by atoms with Crippen molar-refractivity contribution in [1.82, 2.24) is 10.6 Å². The first kappa shape index (κ1) is 21.7. The molecular formula is C20H28N2O6. The Morgan fingerprint density at radius 2 is 1.89 bits per heavy atom. The van der Waals surface area contributed by atoms with Crippen LogP contribution < -0.4 is 10.6 Å². The van der Waals surface area contributed by atoms with Gasteiger partial charge >= 0.3 is 12.1 Å². The van der Waals surface area contributed by atoms with Crippen molar-refractivity contribution < 1.29 is 28.6 Å². The standard InChI is InChI=1S/C20H28N2O6/c1-19(2,3)28-18(25)22-16(14-9-6-5-7-10-14)20(11-8-12-27-20)17(24)21-13-15(23)26-4/h5-7,9-10,16H,8,11-13H2,1-4H3,(H,21,24)(H,22,25)/t16-,20+/m1/s1. The topological polar surface area (TPSA) is 103 Å². The van der Waals surface area contributed by atoms with Crippen LogP contribution in [0.4, 0.5) is 4.79 Å². The predicted octanol–water partition coefficient (Wildman–Crippen LogP) is 2.09. The van der Waals surface area contributed by atoms with Crippen LogP contribution in [0.5, 0.6) is 0 Å². The molecule has 28 heavy (non-hydrogen) atoms. The third kappa shape index (κ3) is 5.45. The van der Waals surface area contributed by atoms with Crippen molar-refractivity contribution in [2.75, 3.05) is 20.3 Å². The Morgan fingerprint density at radius 3 is 2.43 bits per heavy atom. The first-order valence-corrected chi connectivity index (χ1v) is 9.21. The molecule has 0 saturated carbocycles. The molecule has 8 heteroatoms. The van der Waals surface area contributed by atoms with Crippen molar-refractivity contribution in [2.45, 2.75) is 50.9 Å². The smallest absolute Gasteiger partial charge is 0.408 e. The lowest BCUT2D eigenvalue weighted by atomic mass is 9.85. The predicted molar refractivity (Wildman–Crippen MR) is 101 cm³/mol. The van der Waals surface area contributed by atoms with E-state index in [-0.39, 0.29) is 6.54 Å². The van der Waals surface area contributed by atoms with Crippen molar-refractivity contribution in [1.29, 1.82) is 0 Å². The van der Waals surface area contributed by atoms with E-state index in [0.717, 1.165) is 0 Å². The summed E-state index contributed by atoms with van der Waals surface area (Å²) in [7, 11) is 1.24. The van der Waals surface area contributed by atoms with E-state index < -0.39 is 35.2 Å². The Labute approximate surface area is 164 Å². The molecule has 0 unspecified atom stereocenters. The molecule has 0 radical (unpaired) electrons. The van der Waals surface area contributed by atoms with E-state index in [0.29, 0.717) is 25.0 Å². The summed E-state index contributed by atoms with van der Waals surface area (Å²) in [6.07, 6.45) is 0.373. The van der Waals surface area contributed by atoms with Crippen LogP contribution in [0.25, 0.3) is 0 Å². The van der Waals surface area contributed by atoms with Gasteiger partial charge in [0, 0.05) is 6.61 Å². The van der Waals surface area contributed by atoms with Gasteiger partial charge in [-0.15, -0.1) is 0 Å². The molecule has 1 aliphatic rings. The molecule has 2 atom stereocenters. The van der Waals surface area contributed by atoms with E-state index in [9.17, 15) is 14.4 Å². The highest BCUT2D eigenvalue weighted by Gasteiger charge is 2.51. The van der Waals surface area contributed by atoms with Gasteiger partial charge in [-0.2, -0.15) is 0 Å². The van der Waals surface area contributed by atoms with Gasteiger partial charge in [0.05, 0.1) is 13.2 Å². The first-order chi connectivity index (χ1) is 13.2. The average Bonchev–Trinajstić information content (AvgIpc) is 3.14. The zero-order valence-electron chi connectivity index (χ0n) is 16.7. The molecule has 0 spiro atoms. The number of hydrogen-bond donors (Lipinski definition) is 2. The molecule has 0 aliphatic carbocycles. The highest BCUT2D eigenvalue weighted by Crippen LogP contribution is 2.38. The lowest BCUT2D eigenvalue weighted by Gasteiger charge is -2.36. The zero-order chi connectivity index (χ0) is 20.8. The number of nitrogens with one attached hydrogen (secondary N) is 2. The van der Waals surface area contributed by atoms with Gasteiger partial charge in [0.2, 0.25) is 0 Å². The molecule has 8 nitrogen and oxygen atoms in total. The van der Waals surface area contributed by atoms with E-state index in [1.165, 1.54) is 7.11 Å². The summed E-state index contributed by atoms with van der Waals surface area (Å²) < 4.78 is 15.8. The molecule has 2 N–H and O–H groups in total. The molecule has 154 valence electrons. The van der Waals surface area contributed by atoms with Gasteiger partial charge < -0.3 is 24.8 Å². The molecule has 1 heterocycles. The Morgan fingerprint density at radius 1 is 1.21 bits per heavy atom. The van der Waals surface area contributed by atoms with Crippen molar-refractivity contribution in [3.8, 4) is 0 Å². The fourth-order valence-electron chi connectivity index (χ4n) is 3.11. The number of hydrogen-bond acceptors (Lipinski definition) is 6. The number of amides is 2. The summed E-state index contributed by atoms with van der Waals surface area (Å²) in [6.45, 7) is 5.36. The average molecular weight is 392 g/mol. The van der Waals surface area contributed by atoms with Gasteiger partial charge in [-0.3, -0.25) is 9.59 Å². The van der Waals surface area contributed by atoms with Crippen LogP contribution >= 0.6 is 0 Å². The van der Waals surface area contributed by atoms with Crippen LogP contribution in [0.2, 0.25) is 0 Å². The van der Waals surface area contributed by atoms with E-state index in [1.807, 2.05) is 18.2 Å². The van der Waals surface area contributed by atoms with E-state index >= 15 is 0 Å². The lowest BCUT2D eigenvalue weighted by molar-refractivity contribution is -0.149. The molecule has 1 aromatic rings. The number of carbonyl (C=O) groups is 3. The van der Waals surface area contributed by atoms with Crippen LogP contribution in [0.3, 0.4) is 0 Å². The maximum atomic E-state index is 13.0. The SMILES string of the molecule is COC(=O)CNC(=O)[C@@]1([C@H](NC(=O)OC(C)(C)C)c2ccccc2)CCCO1. The normalized spacial score (nSPS) is 20.1. The number of alkyl carbamates (subject to hydrolysis) is 1. The van der Waals surface area contributed by atoms with E-state index in [4.69, 9.17) is 9.47 Å². The summed E-state index contributed by atoms with van der Waals surface area (Å²) in [5.74, 6) is -1.06. The monoisotopic (exact) mass is 392 g/mol. The second-order valence-corrected chi connectivity index (χ2v) is 7.59. The van der Waals surface area contributed by atoms with Crippen LogP contribution in [-0.2, 0) is 23.8 Å². The minimum absolute atomic E-state index is 0.283. The molecule has 0 aromatic heterocycles. The van der Waals surface area contributed by atoms with Gasteiger partial charge in [0.25, 0.3) is 5.91 Å². The Balaban J connectivity index is 2.33. The Kier molecular flexibility index (Phi) is 7.01. The fourth-order valence-corrected chi connectivity index (χ4v) is 3.11. The minimum Gasteiger partial charge on any atom is -0.468 e. The van der Waals surface area contributed by atoms with Crippen LogP contribution in [0.15, 0.2) is 30.3 Å². The van der Waals surface area contributed by atoms with E-state index in [2.05, 4.69) is 15.4 Å². The van der Waals surface area contributed by atoms with Gasteiger partial charge in [0.15, 0.2) is 5.60 Å². The van der Waals surface area contributed by atoms with Gasteiger partial charge in [-0.25, -0.2) is 4.79 Å². The molecule has 1 fully saturated rings. The van der Waals surface area contributed by atoms with Gasteiger partial charge in [-0.1, -0.05) is 30.3 Å². The second-order valence-electron chi connectivity index (χ2n) is 7.59. The number of benzene rings is 1. The fraction of sp³-hybridized carbons (Fsp3) is 0.550. The number of ether oxygens (including phenoxy) is 3. The van der Waals surface area contributed by atoms with Crippen molar-refractivity contribution >= 4 is 18.0 Å². The number of carbonyl (C=O) groups excluding carboxylic acids is 3. The van der Waals surface area contributed by atoms with Crippen LogP contribution in [-0.4, -0.2) is 49.4 Å². The summed E-state index contributed by atoms with van der Waals surface area (Å²) in [5.41, 5.74) is -1.35. The van der Waals surface area contributed by atoms with Gasteiger partial charge in [-0.05, 0) is 39.2 Å². The summed E-state index contributed by atoms with van der Waals surface area (Å²) >= 11 is 0. The molecule has 1 aliphatic heterocycles.